The Labute approximate surface area is 129 Å². The SMILES string of the molecule is C#CCNC(=O)CSc1nccn1-c1cc(C)cc(C)c1. The number of aromatic nitrogens is 2. The summed E-state index contributed by atoms with van der Waals surface area (Å²) in [6, 6.07) is 6.31. The zero-order valence-corrected chi connectivity index (χ0v) is 12.9. The van der Waals surface area contributed by atoms with E-state index in [1.54, 1.807) is 6.20 Å². The maximum absolute atomic E-state index is 11.6. The smallest absolute Gasteiger partial charge is 0.231 e. The zero-order valence-electron chi connectivity index (χ0n) is 12.1. The molecule has 0 fully saturated rings. The molecule has 0 saturated carbocycles. The summed E-state index contributed by atoms with van der Waals surface area (Å²) in [5.41, 5.74) is 3.44. The van der Waals surface area contributed by atoms with E-state index in [0.717, 1.165) is 10.8 Å². The van der Waals surface area contributed by atoms with Gasteiger partial charge < -0.3 is 5.32 Å². The van der Waals surface area contributed by atoms with Crippen LogP contribution in [-0.4, -0.2) is 27.8 Å². The van der Waals surface area contributed by atoms with Crippen molar-refractivity contribution in [3.05, 3.63) is 41.7 Å². The van der Waals surface area contributed by atoms with Gasteiger partial charge in [0.05, 0.1) is 12.3 Å². The minimum Gasteiger partial charge on any atom is -0.344 e. The lowest BCUT2D eigenvalue weighted by Crippen LogP contribution is -2.25. The highest BCUT2D eigenvalue weighted by atomic mass is 32.2. The molecule has 21 heavy (non-hydrogen) atoms. The number of hydrogen-bond donors (Lipinski definition) is 1. The van der Waals surface area contributed by atoms with Gasteiger partial charge in [0.15, 0.2) is 5.16 Å². The minimum absolute atomic E-state index is 0.0899. The van der Waals surface area contributed by atoms with E-state index >= 15 is 0 Å². The molecule has 4 nitrogen and oxygen atoms in total. The molecule has 1 amide bonds. The maximum Gasteiger partial charge on any atom is 0.231 e. The van der Waals surface area contributed by atoms with E-state index in [0.29, 0.717) is 5.75 Å². The number of carbonyl (C=O) groups is 1. The number of imidazole rings is 1. The largest absolute Gasteiger partial charge is 0.344 e. The number of aryl methyl sites for hydroxylation is 2. The Balaban J connectivity index is 2.12. The van der Waals surface area contributed by atoms with E-state index in [4.69, 9.17) is 6.42 Å². The highest BCUT2D eigenvalue weighted by molar-refractivity contribution is 7.99. The van der Waals surface area contributed by atoms with E-state index in [2.05, 4.69) is 48.3 Å². The van der Waals surface area contributed by atoms with Crippen molar-refractivity contribution < 1.29 is 4.79 Å². The van der Waals surface area contributed by atoms with Crippen molar-refractivity contribution in [1.29, 1.82) is 0 Å². The summed E-state index contributed by atoms with van der Waals surface area (Å²) >= 11 is 1.39. The van der Waals surface area contributed by atoms with Crippen LogP contribution >= 0.6 is 11.8 Å². The third-order valence-corrected chi connectivity index (χ3v) is 3.78. The van der Waals surface area contributed by atoms with Crippen LogP contribution in [0.3, 0.4) is 0 Å². The van der Waals surface area contributed by atoms with Crippen LogP contribution in [0.2, 0.25) is 0 Å². The predicted octanol–water partition coefficient (Wildman–Crippen LogP) is 2.33. The molecule has 5 heteroatoms. The Morgan fingerprint density at radius 3 is 2.76 bits per heavy atom. The summed E-state index contributed by atoms with van der Waals surface area (Å²) in [7, 11) is 0. The topological polar surface area (TPSA) is 46.9 Å². The standard InChI is InChI=1S/C16H17N3OS/c1-4-5-17-15(20)11-21-16-18-6-7-19(16)14-9-12(2)8-13(3)10-14/h1,6-10H,5,11H2,2-3H3,(H,17,20). The molecule has 0 aliphatic rings. The number of terminal acetylenes is 1. The van der Waals surface area contributed by atoms with Crippen molar-refractivity contribution in [2.75, 3.05) is 12.3 Å². The van der Waals surface area contributed by atoms with Crippen LogP contribution in [0.1, 0.15) is 11.1 Å². The molecule has 1 heterocycles. The fourth-order valence-electron chi connectivity index (χ4n) is 2.01. The molecule has 108 valence electrons. The Hall–Kier alpha value is -2.19. The Morgan fingerprint density at radius 2 is 2.10 bits per heavy atom. The molecule has 0 aliphatic carbocycles. The van der Waals surface area contributed by atoms with E-state index < -0.39 is 0 Å². The Kier molecular flexibility index (Phi) is 5.07. The lowest BCUT2D eigenvalue weighted by Gasteiger charge is -2.09. The number of thioether (sulfide) groups is 1. The van der Waals surface area contributed by atoms with E-state index in [1.165, 1.54) is 22.9 Å². The summed E-state index contributed by atoms with van der Waals surface area (Å²) in [5.74, 6) is 2.58. The third-order valence-electron chi connectivity index (χ3n) is 2.81. The maximum atomic E-state index is 11.6. The van der Waals surface area contributed by atoms with Crippen LogP contribution < -0.4 is 5.32 Å². The van der Waals surface area contributed by atoms with Gasteiger partial charge in [-0.2, -0.15) is 0 Å². The fraction of sp³-hybridized carbons (Fsp3) is 0.250. The number of carbonyl (C=O) groups excluding carboxylic acids is 1. The highest BCUT2D eigenvalue weighted by Gasteiger charge is 2.09. The molecular formula is C16H17N3OS. The molecule has 2 aromatic rings. The first kappa shape index (κ1) is 15.2. The molecule has 2 rings (SSSR count). The predicted molar refractivity (Wildman–Crippen MR) is 85.6 cm³/mol. The Bertz CT molecular complexity index is 665. The molecule has 0 radical (unpaired) electrons. The number of hydrogen-bond acceptors (Lipinski definition) is 3. The molecule has 0 atom stereocenters. The highest BCUT2D eigenvalue weighted by Crippen LogP contribution is 2.21. The van der Waals surface area contributed by atoms with Crippen molar-refractivity contribution in [1.82, 2.24) is 14.9 Å². The van der Waals surface area contributed by atoms with Crippen molar-refractivity contribution in [2.45, 2.75) is 19.0 Å². The number of nitrogens with zero attached hydrogens (tertiary/aromatic N) is 2. The summed E-state index contributed by atoms with van der Waals surface area (Å²) in [6.45, 7) is 4.38. The zero-order chi connectivity index (χ0) is 15.2. The number of amides is 1. The molecule has 1 aromatic heterocycles. The van der Waals surface area contributed by atoms with Crippen molar-refractivity contribution in [3.63, 3.8) is 0 Å². The second-order valence-corrected chi connectivity index (χ2v) is 5.64. The molecular weight excluding hydrogens is 282 g/mol. The summed E-state index contributed by atoms with van der Waals surface area (Å²) in [4.78, 5) is 15.9. The van der Waals surface area contributed by atoms with E-state index in [1.807, 2.05) is 10.8 Å². The van der Waals surface area contributed by atoms with E-state index in [-0.39, 0.29) is 12.5 Å². The van der Waals surface area contributed by atoms with Gasteiger partial charge in [-0.15, -0.1) is 6.42 Å². The van der Waals surface area contributed by atoms with Crippen LogP contribution in [0.4, 0.5) is 0 Å². The van der Waals surface area contributed by atoms with Gasteiger partial charge in [-0.25, -0.2) is 4.98 Å². The molecule has 0 aliphatic heterocycles. The minimum atomic E-state index is -0.0899. The monoisotopic (exact) mass is 299 g/mol. The number of benzene rings is 1. The average molecular weight is 299 g/mol. The molecule has 1 N–H and O–H groups in total. The number of rotatable bonds is 5. The second kappa shape index (κ2) is 7.00. The van der Waals surface area contributed by atoms with Gasteiger partial charge >= 0.3 is 0 Å². The van der Waals surface area contributed by atoms with Crippen LogP contribution in [-0.2, 0) is 4.79 Å². The third kappa shape index (κ3) is 4.14. The second-order valence-electron chi connectivity index (χ2n) is 4.70. The average Bonchev–Trinajstić information content (AvgIpc) is 2.90. The summed E-state index contributed by atoms with van der Waals surface area (Å²) in [5, 5.41) is 3.43. The van der Waals surface area contributed by atoms with Crippen LogP contribution in [0.5, 0.6) is 0 Å². The lowest BCUT2D eigenvalue weighted by molar-refractivity contribution is -0.118. The van der Waals surface area contributed by atoms with Gasteiger partial charge in [-0.1, -0.05) is 23.7 Å². The quantitative estimate of drug-likeness (QED) is 0.681. The van der Waals surface area contributed by atoms with Gasteiger partial charge in [0.1, 0.15) is 0 Å². The van der Waals surface area contributed by atoms with Crippen molar-refractivity contribution in [2.24, 2.45) is 0 Å². The lowest BCUT2D eigenvalue weighted by atomic mass is 10.1. The van der Waals surface area contributed by atoms with Crippen LogP contribution in [0.15, 0.2) is 35.7 Å². The normalized spacial score (nSPS) is 10.1. The van der Waals surface area contributed by atoms with Crippen LogP contribution in [0.25, 0.3) is 5.69 Å². The van der Waals surface area contributed by atoms with Crippen molar-refractivity contribution in [3.8, 4) is 18.0 Å². The summed E-state index contributed by atoms with van der Waals surface area (Å²) in [6.07, 6.45) is 8.74. The first-order valence-corrected chi connectivity index (χ1v) is 7.53. The van der Waals surface area contributed by atoms with Crippen LogP contribution in [0, 0.1) is 26.2 Å². The molecule has 0 saturated heterocycles. The molecule has 0 bridgehead atoms. The first-order valence-electron chi connectivity index (χ1n) is 6.55. The van der Waals surface area contributed by atoms with Gasteiger partial charge in [-0.05, 0) is 37.1 Å². The molecule has 1 aromatic carbocycles. The Morgan fingerprint density at radius 1 is 1.38 bits per heavy atom. The fourth-order valence-corrected chi connectivity index (χ4v) is 2.82. The number of nitrogens with one attached hydrogen (secondary N) is 1. The molecule has 0 unspecified atom stereocenters. The van der Waals surface area contributed by atoms with Gasteiger partial charge in [0, 0.05) is 18.1 Å². The van der Waals surface area contributed by atoms with Gasteiger partial charge in [0.2, 0.25) is 5.91 Å². The van der Waals surface area contributed by atoms with Gasteiger partial charge in [-0.3, -0.25) is 9.36 Å². The van der Waals surface area contributed by atoms with Crippen molar-refractivity contribution >= 4 is 17.7 Å². The molecule has 0 spiro atoms. The van der Waals surface area contributed by atoms with E-state index in [9.17, 15) is 4.79 Å². The first-order chi connectivity index (χ1) is 10.1. The summed E-state index contributed by atoms with van der Waals surface area (Å²) < 4.78 is 1.99. The van der Waals surface area contributed by atoms with Gasteiger partial charge in [0.25, 0.3) is 0 Å².